The lowest BCUT2D eigenvalue weighted by Crippen LogP contribution is -2.19. The van der Waals surface area contributed by atoms with Gasteiger partial charge >= 0.3 is 5.97 Å². The molecule has 3 N–H and O–H groups in total. The molecule has 0 radical (unpaired) electrons. The van der Waals surface area contributed by atoms with Crippen LogP contribution in [0.4, 0.5) is 0 Å². The van der Waals surface area contributed by atoms with Crippen molar-refractivity contribution in [2.24, 2.45) is 5.73 Å². The summed E-state index contributed by atoms with van der Waals surface area (Å²) < 4.78 is 4.89. The Balaban J connectivity index is 2.84. The summed E-state index contributed by atoms with van der Waals surface area (Å²) in [7, 11) is 0. The van der Waals surface area contributed by atoms with Gasteiger partial charge in [0, 0.05) is 5.56 Å². The maximum Gasteiger partial charge on any atom is 0.325 e. The number of aryl methyl sites for hydroxylation is 1. The number of furan rings is 1. The van der Waals surface area contributed by atoms with E-state index in [2.05, 4.69) is 0 Å². The Hall–Kier alpha value is -1.29. The monoisotopic (exact) mass is 155 g/mol. The third-order valence-corrected chi connectivity index (χ3v) is 1.38. The molecule has 4 heteroatoms. The molecule has 0 amide bonds. The molecule has 0 aliphatic carbocycles. The van der Waals surface area contributed by atoms with Crippen molar-refractivity contribution < 1.29 is 14.3 Å². The standard InChI is InChI=1S/C7H9NO3/c1-4-2-5(3-11-4)6(8)7(9)10/h2-3,6H,8H2,1H3,(H,9,10). The van der Waals surface area contributed by atoms with Crippen LogP contribution in [-0.4, -0.2) is 11.1 Å². The summed E-state index contributed by atoms with van der Waals surface area (Å²) >= 11 is 0. The van der Waals surface area contributed by atoms with Crippen LogP contribution in [0, 0.1) is 6.92 Å². The molecule has 11 heavy (non-hydrogen) atoms. The minimum atomic E-state index is -1.05. The summed E-state index contributed by atoms with van der Waals surface area (Å²) in [4.78, 5) is 10.3. The molecule has 1 heterocycles. The second-order valence-corrected chi connectivity index (χ2v) is 2.31. The van der Waals surface area contributed by atoms with Crippen molar-refractivity contribution in [1.82, 2.24) is 0 Å². The third-order valence-electron chi connectivity index (χ3n) is 1.38. The van der Waals surface area contributed by atoms with E-state index in [1.165, 1.54) is 6.26 Å². The molecule has 0 spiro atoms. The number of carboxylic acid groups (broad SMARTS) is 1. The molecule has 1 atom stereocenters. The molecule has 1 unspecified atom stereocenters. The van der Waals surface area contributed by atoms with E-state index in [-0.39, 0.29) is 0 Å². The lowest BCUT2D eigenvalue weighted by atomic mass is 10.1. The fourth-order valence-corrected chi connectivity index (χ4v) is 0.769. The lowest BCUT2D eigenvalue weighted by Gasteiger charge is -1.99. The van der Waals surface area contributed by atoms with Crippen molar-refractivity contribution in [3.63, 3.8) is 0 Å². The number of carboxylic acids is 1. The van der Waals surface area contributed by atoms with Gasteiger partial charge in [-0.25, -0.2) is 0 Å². The van der Waals surface area contributed by atoms with Gasteiger partial charge in [0.15, 0.2) is 0 Å². The molecule has 60 valence electrons. The lowest BCUT2D eigenvalue weighted by molar-refractivity contribution is -0.138. The van der Waals surface area contributed by atoms with E-state index >= 15 is 0 Å². The Morgan fingerprint density at radius 1 is 1.82 bits per heavy atom. The zero-order chi connectivity index (χ0) is 8.43. The van der Waals surface area contributed by atoms with E-state index in [1.807, 2.05) is 0 Å². The maximum absolute atomic E-state index is 10.3. The first-order valence-corrected chi connectivity index (χ1v) is 3.14. The first kappa shape index (κ1) is 7.81. The zero-order valence-electron chi connectivity index (χ0n) is 6.07. The molecule has 1 aromatic heterocycles. The number of rotatable bonds is 2. The molecule has 0 aliphatic rings. The van der Waals surface area contributed by atoms with Gasteiger partial charge in [0.1, 0.15) is 11.8 Å². The smallest absolute Gasteiger partial charge is 0.325 e. The Bertz CT molecular complexity index is 266. The first-order chi connectivity index (χ1) is 5.11. The molecule has 0 saturated carbocycles. The van der Waals surface area contributed by atoms with Gasteiger partial charge < -0.3 is 15.3 Å². The van der Waals surface area contributed by atoms with Crippen molar-refractivity contribution >= 4 is 5.97 Å². The number of hydrogen-bond donors (Lipinski definition) is 2. The van der Waals surface area contributed by atoms with E-state index in [0.717, 1.165) is 0 Å². The van der Waals surface area contributed by atoms with E-state index in [4.69, 9.17) is 15.3 Å². The van der Waals surface area contributed by atoms with E-state index < -0.39 is 12.0 Å². The topological polar surface area (TPSA) is 76.5 Å². The zero-order valence-corrected chi connectivity index (χ0v) is 6.07. The fourth-order valence-electron chi connectivity index (χ4n) is 0.769. The molecule has 0 fully saturated rings. The number of aliphatic carboxylic acids is 1. The Morgan fingerprint density at radius 2 is 2.45 bits per heavy atom. The molecule has 1 aromatic rings. The molecule has 0 aromatic carbocycles. The summed E-state index contributed by atoms with van der Waals surface area (Å²) in [5, 5.41) is 8.48. The largest absolute Gasteiger partial charge is 0.480 e. The number of carbonyl (C=O) groups is 1. The van der Waals surface area contributed by atoms with Crippen LogP contribution in [0.2, 0.25) is 0 Å². The predicted molar refractivity (Wildman–Crippen MR) is 38.0 cm³/mol. The van der Waals surface area contributed by atoms with E-state index in [0.29, 0.717) is 11.3 Å². The van der Waals surface area contributed by atoms with Crippen molar-refractivity contribution in [2.45, 2.75) is 13.0 Å². The highest BCUT2D eigenvalue weighted by atomic mass is 16.4. The van der Waals surface area contributed by atoms with Crippen molar-refractivity contribution in [2.75, 3.05) is 0 Å². The minimum absolute atomic E-state index is 0.495. The van der Waals surface area contributed by atoms with Gasteiger partial charge in [-0.05, 0) is 13.0 Å². The Kier molecular flexibility index (Phi) is 1.96. The van der Waals surface area contributed by atoms with Crippen molar-refractivity contribution in [3.05, 3.63) is 23.7 Å². The molecule has 0 bridgehead atoms. The van der Waals surface area contributed by atoms with Crippen LogP contribution in [0.1, 0.15) is 17.4 Å². The van der Waals surface area contributed by atoms with Crippen LogP contribution in [0.5, 0.6) is 0 Å². The molecule has 0 saturated heterocycles. The van der Waals surface area contributed by atoms with Crippen LogP contribution < -0.4 is 5.73 Å². The van der Waals surface area contributed by atoms with Gasteiger partial charge in [0.25, 0.3) is 0 Å². The van der Waals surface area contributed by atoms with E-state index in [1.54, 1.807) is 13.0 Å². The van der Waals surface area contributed by atoms with Gasteiger partial charge in [0.2, 0.25) is 0 Å². The van der Waals surface area contributed by atoms with Crippen LogP contribution in [0.15, 0.2) is 16.7 Å². The highest BCUT2D eigenvalue weighted by molar-refractivity contribution is 5.75. The molecule has 0 aliphatic heterocycles. The third kappa shape index (κ3) is 1.59. The van der Waals surface area contributed by atoms with Crippen molar-refractivity contribution in [1.29, 1.82) is 0 Å². The fraction of sp³-hybridized carbons (Fsp3) is 0.286. The van der Waals surface area contributed by atoms with Crippen LogP contribution in [-0.2, 0) is 4.79 Å². The summed E-state index contributed by atoms with van der Waals surface area (Å²) in [6.07, 6.45) is 1.36. The van der Waals surface area contributed by atoms with Gasteiger partial charge in [-0.15, -0.1) is 0 Å². The van der Waals surface area contributed by atoms with Crippen molar-refractivity contribution in [3.8, 4) is 0 Å². The van der Waals surface area contributed by atoms with Gasteiger partial charge in [-0.1, -0.05) is 0 Å². The Labute approximate surface area is 63.6 Å². The highest BCUT2D eigenvalue weighted by Crippen LogP contribution is 2.13. The summed E-state index contributed by atoms with van der Waals surface area (Å²) in [6.45, 7) is 1.73. The Morgan fingerprint density at radius 3 is 2.82 bits per heavy atom. The first-order valence-electron chi connectivity index (χ1n) is 3.14. The van der Waals surface area contributed by atoms with Gasteiger partial charge in [0.05, 0.1) is 6.26 Å². The van der Waals surface area contributed by atoms with Gasteiger partial charge in [-0.2, -0.15) is 0 Å². The molecular weight excluding hydrogens is 146 g/mol. The summed E-state index contributed by atoms with van der Waals surface area (Å²) in [5.74, 6) is -0.387. The predicted octanol–water partition coefficient (Wildman–Crippen LogP) is 0.672. The quantitative estimate of drug-likeness (QED) is 0.658. The van der Waals surface area contributed by atoms with Crippen LogP contribution >= 0.6 is 0 Å². The summed E-state index contributed by atoms with van der Waals surface area (Å²) in [6, 6.07) is 0.631. The van der Waals surface area contributed by atoms with Crippen LogP contribution in [0.25, 0.3) is 0 Å². The second kappa shape index (κ2) is 2.75. The number of nitrogens with two attached hydrogens (primary N) is 1. The second-order valence-electron chi connectivity index (χ2n) is 2.31. The number of hydrogen-bond acceptors (Lipinski definition) is 3. The van der Waals surface area contributed by atoms with E-state index in [9.17, 15) is 4.79 Å². The highest BCUT2D eigenvalue weighted by Gasteiger charge is 2.15. The molecular formula is C7H9NO3. The minimum Gasteiger partial charge on any atom is -0.480 e. The van der Waals surface area contributed by atoms with Gasteiger partial charge in [-0.3, -0.25) is 4.79 Å². The summed E-state index contributed by atoms with van der Waals surface area (Å²) in [5.41, 5.74) is 5.79. The molecule has 4 nitrogen and oxygen atoms in total. The van der Waals surface area contributed by atoms with Crippen LogP contribution in [0.3, 0.4) is 0 Å². The maximum atomic E-state index is 10.3. The average molecular weight is 155 g/mol. The normalized spacial score (nSPS) is 12.9. The SMILES string of the molecule is Cc1cc(C(N)C(=O)O)co1. The average Bonchev–Trinajstić information content (AvgIpc) is 2.34. The molecule has 1 rings (SSSR count).